The van der Waals surface area contributed by atoms with Crippen molar-refractivity contribution in [2.75, 3.05) is 0 Å². The first-order valence-corrected chi connectivity index (χ1v) is 4.18. The summed E-state index contributed by atoms with van der Waals surface area (Å²) >= 11 is 0. The molecule has 0 aliphatic rings. The first-order chi connectivity index (χ1) is 6.04. The van der Waals surface area contributed by atoms with Gasteiger partial charge in [0, 0.05) is 5.46 Å². The lowest BCUT2D eigenvalue weighted by molar-refractivity contribution is 0.422. The van der Waals surface area contributed by atoms with Gasteiger partial charge in [-0.05, 0) is 17.5 Å². The topological polar surface area (TPSA) is 40.5 Å². The number of hydrogen-bond acceptors (Lipinski definition) is 2. The second kappa shape index (κ2) is 3.90. The summed E-state index contributed by atoms with van der Waals surface area (Å²) in [5.41, 5.74) is 0.618. The van der Waals surface area contributed by atoms with Gasteiger partial charge in [-0.25, -0.2) is 4.39 Å². The van der Waals surface area contributed by atoms with Gasteiger partial charge in [0.05, 0.1) is 0 Å². The maximum atomic E-state index is 13.1. The Morgan fingerprint density at radius 1 is 1.31 bits per heavy atom. The van der Waals surface area contributed by atoms with Crippen molar-refractivity contribution in [2.24, 2.45) is 0 Å². The van der Waals surface area contributed by atoms with Gasteiger partial charge in [0.15, 0.2) is 0 Å². The van der Waals surface area contributed by atoms with E-state index in [0.29, 0.717) is 5.56 Å². The molecule has 1 aromatic rings. The summed E-state index contributed by atoms with van der Waals surface area (Å²) in [6.07, 6.45) is 0. The Kier molecular flexibility index (Phi) is 3.06. The van der Waals surface area contributed by atoms with E-state index in [4.69, 9.17) is 10.0 Å². The van der Waals surface area contributed by atoms with Crippen LogP contribution >= 0.6 is 0 Å². The number of hydrogen-bond donors (Lipinski definition) is 2. The molecule has 0 spiro atoms. The summed E-state index contributed by atoms with van der Waals surface area (Å²) in [5, 5.41) is 17.9. The van der Waals surface area contributed by atoms with Crippen LogP contribution in [0.4, 0.5) is 4.39 Å². The van der Waals surface area contributed by atoms with Crippen molar-refractivity contribution in [1.29, 1.82) is 0 Å². The highest BCUT2D eigenvalue weighted by Crippen LogP contribution is 2.13. The molecule has 0 aromatic heterocycles. The molecule has 0 unspecified atom stereocenters. The van der Waals surface area contributed by atoms with Crippen molar-refractivity contribution in [3.8, 4) is 0 Å². The molecular weight excluding hydrogens is 170 g/mol. The van der Waals surface area contributed by atoms with Gasteiger partial charge in [-0.3, -0.25) is 0 Å². The van der Waals surface area contributed by atoms with E-state index in [-0.39, 0.29) is 11.4 Å². The Morgan fingerprint density at radius 2 is 1.92 bits per heavy atom. The minimum Gasteiger partial charge on any atom is -0.423 e. The van der Waals surface area contributed by atoms with Crippen molar-refractivity contribution < 1.29 is 14.4 Å². The molecule has 0 atom stereocenters. The molecule has 0 saturated carbocycles. The Morgan fingerprint density at radius 3 is 2.31 bits per heavy atom. The SMILES string of the molecule is CC(C)c1cccc(F)c1B(O)O. The maximum absolute atomic E-state index is 13.1. The molecule has 2 N–H and O–H groups in total. The second-order valence-corrected chi connectivity index (χ2v) is 3.27. The van der Waals surface area contributed by atoms with E-state index in [1.807, 2.05) is 13.8 Å². The predicted octanol–water partition coefficient (Wildman–Crippen LogP) is 0.629. The van der Waals surface area contributed by atoms with Gasteiger partial charge in [0.25, 0.3) is 0 Å². The highest BCUT2D eigenvalue weighted by molar-refractivity contribution is 6.59. The molecule has 2 nitrogen and oxygen atoms in total. The third-order valence-electron chi connectivity index (χ3n) is 1.97. The minimum absolute atomic E-state index is 0.0162. The van der Waals surface area contributed by atoms with Gasteiger partial charge in [-0.1, -0.05) is 26.0 Å². The van der Waals surface area contributed by atoms with Crippen LogP contribution in [-0.2, 0) is 0 Å². The van der Waals surface area contributed by atoms with Crippen molar-refractivity contribution in [2.45, 2.75) is 19.8 Å². The fourth-order valence-corrected chi connectivity index (χ4v) is 1.33. The van der Waals surface area contributed by atoms with Crippen LogP contribution in [0.2, 0.25) is 0 Å². The maximum Gasteiger partial charge on any atom is 0.491 e. The summed E-state index contributed by atoms with van der Waals surface area (Å²) < 4.78 is 13.1. The Labute approximate surface area is 77.2 Å². The first kappa shape index (κ1) is 10.2. The highest BCUT2D eigenvalue weighted by Gasteiger charge is 2.21. The van der Waals surface area contributed by atoms with Gasteiger partial charge in [0.2, 0.25) is 0 Å². The number of halogens is 1. The zero-order chi connectivity index (χ0) is 10.0. The van der Waals surface area contributed by atoms with Crippen LogP contribution in [0.25, 0.3) is 0 Å². The van der Waals surface area contributed by atoms with Gasteiger partial charge in [0.1, 0.15) is 5.82 Å². The van der Waals surface area contributed by atoms with Crippen LogP contribution in [0.1, 0.15) is 25.3 Å². The molecule has 0 amide bonds. The molecule has 70 valence electrons. The van der Waals surface area contributed by atoms with E-state index in [1.165, 1.54) is 6.07 Å². The molecule has 0 fully saturated rings. The van der Waals surface area contributed by atoms with Crippen LogP contribution in [0.3, 0.4) is 0 Å². The molecule has 0 heterocycles. The Balaban J connectivity index is 3.26. The van der Waals surface area contributed by atoms with E-state index in [0.717, 1.165) is 0 Å². The monoisotopic (exact) mass is 182 g/mol. The molecule has 0 aliphatic heterocycles. The molecule has 0 bridgehead atoms. The third kappa shape index (κ3) is 2.08. The third-order valence-corrected chi connectivity index (χ3v) is 1.97. The van der Waals surface area contributed by atoms with Crippen LogP contribution < -0.4 is 5.46 Å². The van der Waals surface area contributed by atoms with Crippen LogP contribution in [-0.4, -0.2) is 17.2 Å². The summed E-state index contributed by atoms with van der Waals surface area (Å²) in [4.78, 5) is 0. The van der Waals surface area contributed by atoms with E-state index in [9.17, 15) is 4.39 Å². The van der Waals surface area contributed by atoms with Gasteiger partial charge in [-0.2, -0.15) is 0 Å². The molecule has 1 aromatic carbocycles. The lowest BCUT2D eigenvalue weighted by Gasteiger charge is -2.12. The Hall–Kier alpha value is -0.865. The van der Waals surface area contributed by atoms with E-state index in [1.54, 1.807) is 12.1 Å². The predicted molar refractivity (Wildman–Crippen MR) is 50.3 cm³/mol. The lowest BCUT2D eigenvalue weighted by atomic mass is 9.74. The van der Waals surface area contributed by atoms with Crippen molar-refractivity contribution in [1.82, 2.24) is 0 Å². The van der Waals surface area contributed by atoms with Crippen molar-refractivity contribution >= 4 is 12.6 Å². The molecule has 0 aliphatic carbocycles. The summed E-state index contributed by atoms with van der Waals surface area (Å²) in [6.45, 7) is 3.75. The number of rotatable bonds is 2. The standard InChI is InChI=1S/C9H12BFO2/c1-6(2)7-4-3-5-8(11)9(7)10(12)13/h3-6,12-13H,1-2H3. The number of benzene rings is 1. The molecular formula is C9H12BFO2. The van der Waals surface area contributed by atoms with Gasteiger partial charge >= 0.3 is 7.12 Å². The fraction of sp³-hybridized carbons (Fsp3) is 0.333. The summed E-state index contributed by atoms with van der Waals surface area (Å²) in [5.74, 6) is -0.492. The Bertz CT molecular complexity index is 300. The molecule has 0 saturated heterocycles. The van der Waals surface area contributed by atoms with Gasteiger partial charge < -0.3 is 10.0 Å². The normalized spacial score (nSPS) is 10.6. The van der Waals surface area contributed by atoms with Crippen LogP contribution in [0.15, 0.2) is 18.2 Å². The molecule has 1 rings (SSSR count). The molecule has 0 radical (unpaired) electrons. The van der Waals surface area contributed by atoms with Crippen LogP contribution in [0.5, 0.6) is 0 Å². The van der Waals surface area contributed by atoms with E-state index >= 15 is 0 Å². The zero-order valence-corrected chi connectivity index (χ0v) is 7.66. The second-order valence-electron chi connectivity index (χ2n) is 3.27. The van der Waals surface area contributed by atoms with Gasteiger partial charge in [-0.15, -0.1) is 0 Å². The fourth-order valence-electron chi connectivity index (χ4n) is 1.33. The highest BCUT2D eigenvalue weighted by atomic mass is 19.1. The van der Waals surface area contributed by atoms with Crippen LogP contribution in [0, 0.1) is 5.82 Å². The smallest absolute Gasteiger partial charge is 0.423 e. The zero-order valence-electron chi connectivity index (χ0n) is 7.66. The molecule has 13 heavy (non-hydrogen) atoms. The van der Waals surface area contributed by atoms with E-state index < -0.39 is 12.9 Å². The minimum atomic E-state index is -1.74. The van der Waals surface area contributed by atoms with Crippen molar-refractivity contribution in [3.05, 3.63) is 29.6 Å². The van der Waals surface area contributed by atoms with Crippen molar-refractivity contribution in [3.63, 3.8) is 0 Å². The average Bonchev–Trinajstić information content (AvgIpc) is 2.02. The summed E-state index contributed by atoms with van der Waals surface area (Å²) in [7, 11) is -1.74. The average molecular weight is 182 g/mol. The first-order valence-electron chi connectivity index (χ1n) is 4.18. The lowest BCUT2D eigenvalue weighted by Crippen LogP contribution is -2.36. The molecule has 4 heteroatoms. The van der Waals surface area contributed by atoms with E-state index in [2.05, 4.69) is 0 Å². The summed E-state index contributed by atoms with van der Waals surface area (Å²) in [6, 6.07) is 4.49. The largest absolute Gasteiger partial charge is 0.491 e. The quantitative estimate of drug-likeness (QED) is 0.658.